The van der Waals surface area contributed by atoms with Crippen molar-refractivity contribution in [1.29, 1.82) is 0 Å². The van der Waals surface area contributed by atoms with Gasteiger partial charge in [0.05, 0.1) is 18.0 Å². The fourth-order valence-corrected chi connectivity index (χ4v) is 3.69. The summed E-state index contributed by atoms with van der Waals surface area (Å²) in [6, 6.07) is 4.17. The highest BCUT2D eigenvalue weighted by Crippen LogP contribution is 2.32. The summed E-state index contributed by atoms with van der Waals surface area (Å²) in [4.78, 5) is 15.2. The molecule has 10 heteroatoms. The van der Waals surface area contributed by atoms with Gasteiger partial charge in [-0.25, -0.2) is 15.0 Å². The van der Waals surface area contributed by atoms with Crippen molar-refractivity contribution in [2.24, 2.45) is 0 Å². The number of aromatic nitrogens is 6. The standard InChI is InChI=1S/C19H16F3N7/c20-19(21,22)14-1-2-16-24-9-15(29(16)11-14)18-23-5-3-17(27-18)28-6-4-12(10-28)13-7-25-26-8-13/h1-3,5,7-9,11-12H,4,6,10H2,(H,25,26). The smallest absolute Gasteiger partial charge is 0.356 e. The van der Waals surface area contributed by atoms with Gasteiger partial charge in [0.25, 0.3) is 0 Å². The van der Waals surface area contributed by atoms with Crippen LogP contribution in [0.5, 0.6) is 0 Å². The van der Waals surface area contributed by atoms with E-state index in [1.807, 2.05) is 18.5 Å². The number of nitrogens with zero attached hydrogens (tertiary/aromatic N) is 6. The number of fused-ring (bicyclic) bond motifs is 1. The molecule has 4 aromatic heterocycles. The molecular weight excluding hydrogens is 383 g/mol. The Morgan fingerprint density at radius 2 is 2.00 bits per heavy atom. The molecule has 0 saturated carbocycles. The van der Waals surface area contributed by atoms with Gasteiger partial charge in [0.15, 0.2) is 5.82 Å². The Balaban J connectivity index is 1.47. The maximum atomic E-state index is 13.1. The number of hydrogen-bond donors (Lipinski definition) is 1. The Morgan fingerprint density at radius 3 is 2.79 bits per heavy atom. The second-order valence-corrected chi connectivity index (χ2v) is 6.99. The predicted molar refractivity (Wildman–Crippen MR) is 99.4 cm³/mol. The van der Waals surface area contributed by atoms with E-state index >= 15 is 0 Å². The third-order valence-corrected chi connectivity index (χ3v) is 5.21. The zero-order chi connectivity index (χ0) is 20.0. The molecule has 0 amide bonds. The van der Waals surface area contributed by atoms with Crippen LogP contribution in [-0.4, -0.2) is 42.6 Å². The molecule has 1 aliphatic rings. The number of alkyl halides is 3. The molecule has 7 nitrogen and oxygen atoms in total. The van der Waals surface area contributed by atoms with E-state index in [-0.39, 0.29) is 0 Å². The second kappa shape index (κ2) is 6.57. The first-order valence-corrected chi connectivity index (χ1v) is 9.10. The van der Waals surface area contributed by atoms with E-state index in [2.05, 4.69) is 30.0 Å². The maximum Gasteiger partial charge on any atom is 0.417 e. The molecule has 1 aliphatic heterocycles. The molecule has 1 N–H and O–H groups in total. The Labute approximate surface area is 163 Å². The summed E-state index contributed by atoms with van der Waals surface area (Å²) in [5.74, 6) is 1.43. The summed E-state index contributed by atoms with van der Waals surface area (Å²) < 4.78 is 40.7. The summed E-state index contributed by atoms with van der Waals surface area (Å²) >= 11 is 0. The highest BCUT2D eigenvalue weighted by Gasteiger charge is 2.31. The van der Waals surface area contributed by atoms with E-state index in [0.29, 0.717) is 23.1 Å². The molecule has 1 atom stereocenters. The Hall–Kier alpha value is -3.43. The topological polar surface area (TPSA) is 75.0 Å². The van der Waals surface area contributed by atoms with Crippen molar-refractivity contribution in [2.75, 3.05) is 18.0 Å². The number of halogens is 3. The number of rotatable bonds is 3. The number of nitrogens with one attached hydrogen (secondary N) is 1. The molecule has 1 saturated heterocycles. The largest absolute Gasteiger partial charge is 0.417 e. The average Bonchev–Trinajstić information content (AvgIpc) is 3.46. The molecule has 0 radical (unpaired) electrons. The van der Waals surface area contributed by atoms with Gasteiger partial charge in [0.2, 0.25) is 0 Å². The van der Waals surface area contributed by atoms with Crippen molar-refractivity contribution < 1.29 is 13.2 Å². The third kappa shape index (κ3) is 3.20. The van der Waals surface area contributed by atoms with Gasteiger partial charge in [-0.15, -0.1) is 0 Å². The molecule has 29 heavy (non-hydrogen) atoms. The van der Waals surface area contributed by atoms with Crippen LogP contribution in [0.2, 0.25) is 0 Å². The van der Waals surface area contributed by atoms with Gasteiger partial charge in [-0.3, -0.25) is 9.50 Å². The third-order valence-electron chi connectivity index (χ3n) is 5.21. The minimum atomic E-state index is -4.43. The van der Waals surface area contributed by atoms with Crippen LogP contribution < -0.4 is 4.90 Å². The van der Waals surface area contributed by atoms with Gasteiger partial charge in [-0.2, -0.15) is 18.3 Å². The molecule has 5 rings (SSSR count). The van der Waals surface area contributed by atoms with Crippen LogP contribution in [0.25, 0.3) is 17.2 Å². The first kappa shape index (κ1) is 17.7. The van der Waals surface area contributed by atoms with Gasteiger partial charge < -0.3 is 4.90 Å². The molecule has 1 unspecified atom stereocenters. The van der Waals surface area contributed by atoms with Crippen LogP contribution in [0.15, 0.2) is 49.2 Å². The van der Waals surface area contributed by atoms with Crippen molar-refractivity contribution in [3.63, 3.8) is 0 Å². The van der Waals surface area contributed by atoms with Crippen LogP contribution in [0.3, 0.4) is 0 Å². The van der Waals surface area contributed by atoms with E-state index in [1.54, 1.807) is 6.20 Å². The normalized spacial score (nSPS) is 17.3. The Morgan fingerprint density at radius 1 is 1.10 bits per heavy atom. The molecule has 5 heterocycles. The average molecular weight is 399 g/mol. The summed E-state index contributed by atoms with van der Waals surface area (Å²) in [5.41, 5.74) is 1.23. The second-order valence-electron chi connectivity index (χ2n) is 6.99. The molecular formula is C19H16F3N7. The van der Waals surface area contributed by atoms with Crippen molar-refractivity contribution in [3.05, 3.63) is 60.3 Å². The minimum absolute atomic E-state index is 0.334. The summed E-state index contributed by atoms with van der Waals surface area (Å²) in [7, 11) is 0. The Bertz CT molecular complexity index is 1150. The lowest BCUT2D eigenvalue weighted by molar-refractivity contribution is -0.137. The molecule has 148 valence electrons. The molecule has 0 aliphatic carbocycles. The lowest BCUT2D eigenvalue weighted by Crippen LogP contribution is -2.20. The van der Waals surface area contributed by atoms with Crippen molar-refractivity contribution in [1.82, 2.24) is 29.5 Å². The van der Waals surface area contributed by atoms with Crippen LogP contribution in [-0.2, 0) is 6.18 Å². The van der Waals surface area contributed by atoms with E-state index in [9.17, 15) is 13.2 Å². The highest BCUT2D eigenvalue weighted by molar-refractivity contribution is 5.59. The number of imidazole rings is 1. The van der Waals surface area contributed by atoms with Gasteiger partial charge in [-0.05, 0) is 30.2 Å². The van der Waals surface area contributed by atoms with Crippen LogP contribution in [0.4, 0.5) is 19.0 Å². The molecule has 1 fully saturated rings. The summed E-state index contributed by atoms with van der Waals surface area (Å²) in [6.45, 7) is 1.62. The number of aromatic amines is 1. The van der Waals surface area contributed by atoms with Gasteiger partial charge in [0, 0.05) is 37.6 Å². The zero-order valence-electron chi connectivity index (χ0n) is 15.1. The fourth-order valence-electron chi connectivity index (χ4n) is 3.69. The monoisotopic (exact) mass is 399 g/mol. The van der Waals surface area contributed by atoms with Crippen LogP contribution in [0.1, 0.15) is 23.5 Å². The number of hydrogen-bond acceptors (Lipinski definition) is 5. The van der Waals surface area contributed by atoms with Gasteiger partial charge in [-0.1, -0.05) is 0 Å². The molecule has 4 aromatic rings. The first-order chi connectivity index (χ1) is 14.0. The summed E-state index contributed by atoms with van der Waals surface area (Å²) in [6.07, 6.45) is 4.41. The van der Waals surface area contributed by atoms with Crippen molar-refractivity contribution in [3.8, 4) is 11.5 Å². The first-order valence-electron chi connectivity index (χ1n) is 9.10. The van der Waals surface area contributed by atoms with E-state index < -0.39 is 11.7 Å². The fraction of sp³-hybridized carbons (Fsp3) is 0.263. The minimum Gasteiger partial charge on any atom is -0.356 e. The molecule has 0 spiro atoms. The highest BCUT2D eigenvalue weighted by atomic mass is 19.4. The Kier molecular flexibility index (Phi) is 4.00. The van der Waals surface area contributed by atoms with Gasteiger partial charge in [0.1, 0.15) is 17.2 Å². The SMILES string of the molecule is FC(F)(F)c1ccc2ncc(-c3nccc(N4CCC(c5cn[nH]c5)C4)n3)n2c1. The number of pyridine rings is 1. The van der Waals surface area contributed by atoms with Crippen molar-refractivity contribution in [2.45, 2.75) is 18.5 Å². The van der Waals surface area contributed by atoms with Gasteiger partial charge >= 0.3 is 6.18 Å². The van der Waals surface area contributed by atoms with Crippen molar-refractivity contribution >= 4 is 11.5 Å². The quantitative estimate of drug-likeness (QED) is 0.571. The lowest BCUT2D eigenvalue weighted by Gasteiger charge is -2.17. The number of anilines is 1. The van der Waals surface area contributed by atoms with E-state index in [0.717, 1.165) is 43.2 Å². The zero-order valence-corrected chi connectivity index (χ0v) is 15.1. The summed E-state index contributed by atoms with van der Waals surface area (Å²) in [5, 5.41) is 6.84. The predicted octanol–water partition coefficient (Wildman–Crippen LogP) is 3.53. The van der Waals surface area contributed by atoms with Crippen LogP contribution in [0, 0.1) is 0 Å². The number of H-pyrrole nitrogens is 1. The molecule has 0 bridgehead atoms. The van der Waals surface area contributed by atoms with E-state index in [4.69, 9.17) is 0 Å². The van der Waals surface area contributed by atoms with E-state index in [1.165, 1.54) is 16.7 Å². The lowest BCUT2D eigenvalue weighted by atomic mass is 10.0. The maximum absolute atomic E-state index is 13.1. The van der Waals surface area contributed by atoms with Crippen LogP contribution >= 0.6 is 0 Å². The molecule has 0 aromatic carbocycles.